The van der Waals surface area contributed by atoms with Crippen LogP contribution in [0.5, 0.6) is 0 Å². The summed E-state index contributed by atoms with van der Waals surface area (Å²) < 4.78 is 5.69. The third-order valence-corrected chi connectivity index (χ3v) is 6.62. The number of ether oxygens (including phenoxy) is 1. The molecule has 0 aliphatic carbocycles. The molecule has 0 atom stereocenters. The molecule has 1 fully saturated rings. The summed E-state index contributed by atoms with van der Waals surface area (Å²) in [4.78, 5) is 28.1. The number of amides is 1. The molecule has 1 aromatic carbocycles. The molecule has 7 heteroatoms. The van der Waals surface area contributed by atoms with Crippen LogP contribution in [-0.4, -0.2) is 53.6 Å². The summed E-state index contributed by atoms with van der Waals surface area (Å²) in [6, 6.07) is 12.3. The van der Waals surface area contributed by atoms with Crippen molar-refractivity contribution in [1.29, 1.82) is 0 Å². The van der Waals surface area contributed by atoms with E-state index in [-0.39, 0.29) is 5.91 Å². The van der Waals surface area contributed by atoms with Gasteiger partial charge in [0.2, 0.25) is 5.91 Å². The molecular weight excluding hydrogens is 396 g/mol. The number of aryl methyl sites for hydroxylation is 1. The molecule has 1 amide bonds. The van der Waals surface area contributed by atoms with E-state index in [1.807, 2.05) is 23.1 Å². The van der Waals surface area contributed by atoms with E-state index >= 15 is 0 Å². The van der Waals surface area contributed by atoms with Crippen LogP contribution in [0.2, 0.25) is 0 Å². The summed E-state index contributed by atoms with van der Waals surface area (Å²) >= 11 is 1.74. The Kier molecular flexibility index (Phi) is 6.92. The average Bonchev–Trinajstić information content (AvgIpc) is 3.23. The zero-order valence-electron chi connectivity index (χ0n) is 17.4. The molecule has 3 aromatic rings. The Balaban J connectivity index is 1.22. The van der Waals surface area contributed by atoms with Crippen LogP contribution in [0.4, 0.5) is 5.82 Å². The van der Waals surface area contributed by atoms with Crippen molar-refractivity contribution >= 4 is 33.3 Å². The van der Waals surface area contributed by atoms with Gasteiger partial charge >= 0.3 is 0 Å². The summed E-state index contributed by atoms with van der Waals surface area (Å²) in [5.41, 5.74) is 1.16. The standard InChI is InChI=1S/C23H28N4O2S/c1-2-19-15-20-22(24-17-25-23(20)30-19)27-12-10-26(11-13-27)21(28)9-6-14-29-16-18-7-4-3-5-8-18/h3-5,7-8,15,17H,2,6,9-14,16H2,1H3. The minimum Gasteiger partial charge on any atom is -0.377 e. The Bertz CT molecular complexity index is 968. The lowest BCUT2D eigenvalue weighted by Crippen LogP contribution is -2.49. The molecule has 6 nitrogen and oxygen atoms in total. The maximum absolute atomic E-state index is 12.6. The highest BCUT2D eigenvalue weighted by Crippen LogP contribution is 2.31. The van der Waals surface area contributed by atoms with E-state index in [4.69, 9.17) is 4.74 Å². The topological polar surface area (TPSA) is 58.6 Å². The van der Waals surface area contributed by atoms with Crippen molar-refractivity contribution in [2.24, 2.45) is 0 Å². The Morgan fingerprint density at radius 3 is 2.70 bits per heavy atom. The van der Waals surface area contributed by atoms with Crippen LogP contribution >= 0.6 is 11.3 Å². The highest BCUT2D eigenvalue weighted by Gasteiger charge is 2.23. The lowest BCUT2D eigenvalue weighted by Gasteiger charge is -2.35. The first kappa shape index (κ1) is 20.8. The third-order valence-electron chi connectivity index (χ3n) is 5.43. The van der Waals surface area contributed by atoms with Gasteiger partial charge in [-0.05, 0) is 24.5 Å². The number of benzene rings is 1. The Labute approximate surface area is 181 Å². The molecule has 158 valence electrons. The summed E-state index contributed by atoms with van der Waals surface area (Å²) in [6.07, 6.45) is 3.96. The van der Waals surface area contributed by atoms with Crippen molar-refractivity contribution in [2.45, 2.75) is 32.8 Å². The van der Waals surface area contributed by atoms with Crippen molar-refractivity contribution in [3.05, 3.63) is 53.2 Å². The van der Waals surface area contributed by atoms with Crippen LogP contribution in [0.3, 0.4) is 0 Å². The van der Waals surface area contributed by atoms with Crippen molar-refractivity contribution in [3.8, 4) is 0 Å². The number of rotatable bonds is 8. The number of hydrogen-bond donors (Lipinski definition) is 0. The van der Waals surface area contributed by atoms with Gasteiger partial charge in [0, 0.05) is 44.1 Å². The molecule has 0 radical (unpaired) electrons. The molecule has 0 N–H and O–H groups in total. The number of carbonyl (C=O) groups is 1. The number of piperazine rings is 1. The Morgan fingerprint density at radius 1 is 1.13 bits per heavy atom. The number of fused-ring (bicyclic) bond motifs is 1. The summed E-state index contributed by atoms with van der Waals surface area (Å²) in [5.74, 6) is 1.21. The first-order chi connectivity index (χ1) is 14.7. The van der Waals surface area contributed by atoms with Gasteiger partial charge in [-0.15, -0.1) is 11.3 Å². The predicted octanol–water partition coefficient (Wildman–Crippen LogP) is 3.90. The van der Waals surface area contributed by atoms with E-state index in [1.54, 1.807) is 17.7 Å². The first-order valence-electron chi connectivity index (χ1n) is 10.6. The molecular formula is C23H28N4O2S. The fraction of sp³-hybridized carbons (Fsp3) is 0.435. The molecule has 1 aliphatic rings. The van der Waals surface area contributed by atoms with Crippen LogP contribution in [0.15, 0.2) is 42.7 Å². The van der Waals surface area contributed by atoms with Crippen molar-refractivity contribution < 1.29 is 9.53 Å². The number of nitrogens with zero attached hydrogens (tertiary/aromatic N) is 4. The van der Waals surface area contributed by atoms with Crippen molar-refractivity contribution in [1.82, 2.24) is 14.9 Å². The van der Waals surface area contributed by atoms with E-state index < -0.39 is 0 Å². The van der Waals surface area contributed by atoms with Crippen LogP contribution in [0.25, 0.3) is 10.2 Å². The van der Waals surface area contributed by atoms with Crippen molar-refractivity contribution in [2.75, 3.05) is 37.7 Å². The summed E-state index contributed by atoms with van der Waals surface area (Å²) in [7, 11) is 0. The minimum absolute atomic E-state index is 0.217. The van der Waals surface area contributed by atoms with Crippen LogP contribution in [0.1, 0.15) is 30.2 Å². The molecule has 0 unspecified atom stereocenters. The number of hydrogen-bond acceptors (Lipinski definition) is 6. The van der Waals surface area contributed by atoms with Gasteiger partial charge in [0.1, 0.15) is 17.0 Å². The van der Waals surface area contributed by atoms with Gasteiger partial charge < -0.3 is 14.5 Å². The molecule has 2 aromatic heterocycles. The van der Waals surface area contributed by atoms with Crippen LogP contribution < -0.4 is 4.90 Å². The van der Waals surface area contributed by atoms with E-state index in [1.165, 1.54) is 4.88 Å². The second-order valence-corrected chi connectivity index (χ2v) is 8.61. The maximum atomic E-state index is 12.6. The molecule has 0 bridgehead atoms. The Morgan fingerprint density at radius 2 is 1.93 bits per heavy atom. The fourth-order valence-corrected chi connectivity index (χ4v) is 4.66. The number of anilines is 1. The van der Waals surface area contributed by atoms with Crippen LogP contribution in [0, 0.1) is 0 Å². The number of carbonyl (C=O) groups excluding carboxylic acids is 1. The molecule has 3 heterocycles. The SMILES string of the molecule is CCc1cc2c(N3CCN(C(=O)CCCOCc4ccccc4)CC3)ncnc2s1. The van der Waals surface area contributed by atoms with E-state index in [0.29, 0.717) is 19.6 Å². The van der Waals surface area contributed by atoms with Gasteiger partial charge in [-0.25, -0.2) is 9.97 Å². The second kappa shape index (κ2) is 10.00. The highest BCUT2D eigenvalue weighted by molar-refractivity contribution is 7.18. The van der Waals surface area contributed by atoms with Gasteiger partial charge in [0.25, 0.3) is 0 Å². The molecule has 1 saturated heterocycles. The predicted molar refractivity (Wildman–Crippen MR) is 121 cm³/mol. The van der Waals surface area contributed by atoms with Gasteiger partial charge in [-0.1, -0.05) is 37.3 Å². The minimum atomic E-state index is 0.217. The number of thiophene rings is 1. The van der Waals surface area contributed by atoms with Gasteiger partial charge in [-0.3, -0.25) is 4.79 Å². The van der Waals surface area contributed by atoms with E-state index in [9.17, 15) is 4.79 Å². The molecule has 0 saturated carbocycles. The maximum Gasteiger partial charge on any atom is 0.222 e. The summed E-state index contributed by atoms with van der Waals surface area (Å²) in [6.45, 7) is 6.45. The van der Waals surface area contributed by atoms with E-state index in [2.05, 4.69) is 40.0 Å². The first-order valence-corrected chi connectivity index (χ1v) is 11.4. The smallest absolute Gasteiger partial charge is 0.222 e. The fourth-order valence-electron chi connectivity index (χ4n) is 3.73. The van der Waals surface area contributed by atoms with Crippen LogP contribution in [-0.2, 0) is 22.6 Å². The lowest BCUT2D eigenvalue weighted by atomic mass is 10.2. The van der Waals surface area contributed by atoms with Gasteiger partial charge in [0.15, 0.2) is 0 Å². The third kappa shape index (κ3) is 4.96. The largest absolute Gasteiger partial charge is 0.377 e. The van der Waals surface area contributed by atoms with E-state index in [0.717, 1.165) is 60.6 Å². The monoisotopic (exact) mass is 424 g/mol. The Hall–Kier alpha value is -2.51. The lowest BCUT2D eigenvalue weighted by molar-refractivity contribution is -0.131. The van der Waals surface area contributed by atoms with Gasteiger partial charge in [-0.2, -0.15) is 0 Å². The molecule has 0 spiro atoms. The molecule has 4 rings (SSSR count). The van der Waals surface area contributed by atoms with Gasteiger partial charge in [0.05, 0.1) is 12.0 Å². The highest BCUT2D eigenvalue weighted by atomic mass is 32.1. The quantitative estimate of drug-likeness (QED) is 0.513. The van der Waals surface area contributed by atoms with Crippen molar-refractivity contribution in [3.63, 3.8) is 0 Å². The zero-order valence-corrected chi connectivity index (χ0v) is 18.2. The second-order valence-electron chi connectivity index (χ2n) is 7.49. The normalized spacial score (nSPS) is 14.4. The summed E-state index contributed by atoms with van der Waals surface area (Å²) in [5, 5.41) is 1.13. The molecule has 1 aliphatic heterocycles. The average molecular weight is 425 g/mol. The number of aromatic nitrogens is 2. The zero-order chi connectivity index (χ0) is 20.8. The molecule has 30 heavy (non-hydrogen) atoms.